The number of ether oxygens (including phenoxy) is 1. The van der Waals surface area contributed by atoms with Crippen LogP contribution in [0.15, 0.2) is 78.9 Å². The molecule has 0 fully saturated rings. The molecule has 0 radical (unpaired) electrons. The molecule has 0 unspecified atom stereocenters. The van der Waals surface area contributed by atoms with Crippen LogP contribution in [-0.4, -0.2) is 25.0 Å². The molecule has 0 aliphatic heterocycles. The lowest BCUT2D eigenvalue weighted by molar-refractivity contribution is -0.123. The first-order chi connectivity index (χ1) is 14.6. The first kappa shape index (κ1) is 21.0. The van der Waals surface area contributed by atoms with Crippen LogP contribution in [0.5, 0.6) is 5.75 Å². The Morgan fingerprint density at radius 3 is 2.27 bits per heavy atom. The molecule has 6 heteroatoms. The van der Waals surface area contributed by atoms with Crippen LogP contribution in [0.25, 0.3) is 0 Å². The van der Waals surface area contributed by atoms with E-state index in [9.17, 15) is 14.0 Å². The number of carbonyl (C=O) groups is 2. The number of benzene rings is 3. The molecule has 0 heterocycles. The lowest BCUT2D eigenvalue weighted by atomic mass is 10.1. The summed E-state index contributed by atoms with van der Waals surface area (Å²) in [6, 6.07) is 22.5. The van der Waals surface area contributed by atoms with Gasteiger partial charge in [0, 0.05) is 13.1 Å². The summed E-state index contributed by atoms with van der Waals surface area (Å²) < 4.78 is 18.5. The molecule has 0 atom stereocenters. The predicted molar refractivity (Wildman–Crippen MR) is 113 cm³/mol. The Kier molecular flexibility index (Phi) is 7.55. The molecule has 30 heavy (non-hydrogen) atoms. The molecule has 0 bridgehead atoms. The Morgan fingerprint density at radius 2 is 1.50 bits per heavy atom. The number of halogens is 1. The Morgan fingerprint density at radius 1 is 0.800 bits per heavy atom. The first-order valence-corrected chi connectivity index (χ1v) is 9.67. The number of carbonyl (C=O) groups excluding carboxylic acids is 2. The summed E-state index contributed by atoms with van der Waals surface area (Å²) in [4.78, 5) is 24.6. The van der Waals surface area contributed by atoms with E-state index < -0.39 is 0 Å². The molecule has 3 rings (SSSR count). The number of hydrogen-bond acceptors (Lipinski definition) is 3. The number of para-hydroxylation sites is 1. The third-order valence-corrected chi connectivity index (χ3v) is 4.44. The van der Waals surface area contributed by atoms with Crippen molar-refractivity contribution in [1.82, 2.24) is 10.6 Å². The number of rotatable bonds is 9. The molecule has 0 saturated heterocycles. The highest BCUT2D eigenvalue weighted by molar-refractivity contribution is 5.97. The van der Waals surface area contributed by atoms with Crippen molar-refractivity contribution in [3.05, 3.63) is 101 Å². The fourth-order valence-corrected chi connectivity index (χ4v) is 2.85. The molecule has 2 N–H and O–H groups in total. The predicted octanol–water partition coefficient (Wildman–Crippen LogP) is 3.49. The van der Waals surface area contributed by atoms with E-state index in [1.54, 1.807) is 36.4 Å². The smallest absolute Gasteiger partial charge is 0.257 e. The molecular formula is C24H23FN2O3. The van der Waals surface area contributed by atoms with Crippen LogP contribution in [0.2, 0.25) is 0 Å². The van der Waals surface area contributed by atoms with E-state index in [1.807, 2.05) is 30.3 Å². The van der Waals surface area contributed by atoms with Crippen molar-refractivity contribution in [1.29, 1.82) is 0 Å². The maximum atomic E-state index is 12.9. The lowest BCUT2D eigenvalue weighted by Gasteiger charge is -2.12. The van der Waals surface area contributed by atoms with Crippen molar-refractivity contribution in [3.8, 4) is 5.75 Å². The van der Waals surface area contributed by atoms with Gasteiger partial charge in [-0.3, -0.25) is 9.59 Å². The lowest BCUT2D eigenvalue weighted by Crippen LogP contribution is -2.31. The van der Waals surface area contributed by atoms with Crippen molar-refractivity contribution in [2.24, 2.45) is 0 Å². The summed E-state index contributed by atoms with van der Waals surface area (Å²) in [5.74, 6) is -0.512. The normalized spacial score (nSPS) is 10.3. The summed E-state index contributed by atoms with van der Waals surface area (Å²) in [5, 5.41) is 5.61. The van der Waals surface area contributed by atoms with Gasteiger partial charge in [-0.15, -0.1) is 0 Å². The van der Waals surface area contributed by atoms with Gasteiger partial charge in [0.25, 0.3) is 11.8 Å². The minimum Gasteiger partial charge on any atom is -0.483 e. The number of amides is 2. The van der Waals surface area contributed by atoms with Crippen molar-refractivity contribution in [2.75, 3.05) is 13.2 Å². The highest BCUT2D eigenvalue weighted by Gasteiger charge is 2.13. The maximum absolute atomic E-state index is 12.9. The van der Waals surface area contributed by atoms with Gasteiger partial charge in [0.1, 0.15) is 11.6 Å². The summed E-state index contributed by atoms with van der Waals surface area (Å²) >= 11 is 0. The van der Waals surface area contributed by atoms with Crippen molar-refractivity contribution in [3.63, 3.8) is 0 Å². The fourth-order valence-electron chi connectivity index (χ4n) is 2.85. The highest BCUT2D eigenvalue weighted by Crippen LogP contribution is 2.18. The molecular weight excluding hydrogens is 383 g/mol. The zero-order chi connectivity index (χ0) is 21.2. The average molecular weight is 406 g/mol. The van der Waals surface area contributed by atoms with Gasteiger partial charge < -0.3 is 15.4 Å². The Bertz CT molecular complexity index is 975. The highest BCUT2D eigenvalue weighted by atomic mass is 19.1. The molecule has 0 spiro atoms. The zero-order valence-corrected chi connectivity index (χ0v) is 16.4. The largest absolute Gasteiger partial charge is 0.483 e. The van der Waals surface area contributed by atoms with E-state index >= 15 is 0 Å². The van der Waals surface area contributed by atoms with Crippen LogP contribution >= 0.6 is 0 Å². The van der Waals surface area contributed by atoms with Gasteiger partial charge in [0.2, 0.25) is 0 Å². The molecule has 0 aliphatic carbocycles. The van der Waals surface area contributed by atoms with E-state index in [1.165, 1.54) is 12.1 Å². The maximum Gasteiger partial charge on any atom is 0.257 e. The Hall–Kier alpha value is -3.67. The minimum atomic E-state index is -0.295. The van der Waals surface area contributed by atoms with E-state index in [4.69, 9.17) is 4.74 Å². The van der Waals surface area contributed by atoms with Crippen LogP contribution in [0.1, 0.15) is 21.5 Å². The van der Waals surface area contributed by atoms with Gasteiger partial charge in [0.05, 0.1) is 5.56 Å². The SMILES string of the molecule is O=C(COc1ccccc1C(=O)NCc1ccccc1)NCCc1ccc(F)cc1. The molecule has 0 aliphatic rings. The summed E-state index contributed by atoms with van der Waals surface area (Å²) in [6.45, 7) is 0.608. The quantitative estimate of drug-likeness (QED) is 0.572. The van der Waals surface area contributed by atoms with Gasteiger partial charge in [-0.05, 0) is 41.8 Å². The Balaban J connectivity index is 1.47. The fraction of sp³-hybridized carbons (Fsp3) is 0.167. The molecule has 0 aromatic heterocycles. The van der Waals surface area contributed by atoms with Crippen LogP contribution in [0.3, 0.4) is 0 Å². The van der Waals surface area contributed by atoms with Crippen molar-refractivity contribution in [2.45, 2.75) is 13.0 Å². The van der Waals surface area contributed by atoms with E-state index in [-0.39, 0.29) is 24.2 Å². The van der Waals surface area contributed by atoms with Crippen molar-refractivity contribution < 1.29 is 18.7 Å². The second-order valence-electron chi connectivity index (χ2n) is 6.68. The Labute approximate surface area is 174 Å². The zero-order valence-electron chi connectivity index (χ0n) is 16.4. The molecule has 0 saturated carbocycles. The van der Waals surface area contributed by atoms with E-state index in [2.05, 4.69) is 10.6 Å². The second kappa shape index (κ2) is 10.8. The second-order valence-corrected chi connectivity index (χ2v) is 6.68. The third kappa shape index (κ3) is 6.44. The molecule has 2 amide bonds. The number of nitrogens with one attached hydrogen (secondary N) is 2. The van der Waals surface area contributed by atoms with E-state index in [0.717, 1.165) is 11.1 Å². The minimum absolute atomic E-state index is 0.202. The average Bonchev–Trinajstić information content (AvgIpc) is 2.78. The summed E-state index contributed by atoms with van der Waals surface area (Å²) in [7, 11) is 0. The summed E-state index contributed by atoms with van der Waals surface area (Å²) in [5.41, 5.74) is 2.29. The topological polar surface area (TPSA) is 67.4 Å². The van der Waals surface area contributed by atoms with Crippen LogP contribution in [0, 0.1) is 5.82 Å². The molecule has 154 valence electrons. The van der Waals surface area contributed by atoms with Gasteiger partial charge in [-0.25, -0.2) is 4.39 Å². The summed E-state index contributed by atoms with van der Waals surface area (Å²) in [6.07, 6.45) is 0.588. The van der Waals surface area contributed by atoms with Gasteiger partial charge in [0.15, 0.2) is 6.61 Å². The molecule has 3 aromatic rings. The first-order valence-electron chi connectivity index (χ1n) is 9.67. The van der Waals surface area contributed by atoms with Crippen LogP contribution in [-0.2, 0) is 17.8 Å². The van der Waals surface area contributed by atoms with Crippen LogP contribution < -0.4 is 15.4 Å². The van der Waals surface area contributed by atoms with Crippen LogP contribution in [0.4, 0.5) is 4.39 Å². The van der Waals surface area contributed by atoms with Gasteiger partial charge in [-0.2, -0.15) is 0 Å². The third-order valence-electron chi connectivity index (χ3n) is 4.44. The standard InChI is InChI=1S/C24H23FN2O3/c25-20-12-10-18(11-13-20)14-15-26-23(28)17-30-22-9-5-4-8-21(22)24(29)27-16-19-6-2-1-3-7-19/h1-13H,14-17H2,(H,26,28)(H,27,29). The monoisotopic (exact) mass is 406 g/mol. The van der Waals surface area contributed by atoms with Gasteiger partial charge >= 0.3 is 0 Å². The van der Waals surface area contributed by atoms with Gasteiger partial charge in [-0.1, -0.05) is 54.6 Å². The molecule has 3 aromatic carbocycles. The van der Waals surface area contributed by atoms with Crippen molar-refractivity contribution >= 4 is 11.8 Å². The number of hydrogen-bond donors (Lipinski definition) is 2. The molecule has 5 nitrogen and oxygen atoms in total. The van der Waals surface area contributed by atoms with E-state index in [0.29, 0.717) is 30.8 Å².